The molecule has 0 aromatic heterocycles. The molecule has 2 heterocycles. The van der Waals surface area contributed by atoms with E-state index in [4.69, 9.17) is 0 Å². The van der Waals surface area contributed by atoms with Gasteiger partial charge in [0.1, 0.15) is 6.04 Å². The van der Waals surface area contributed by atoms with Gasteiger partial charge in [-0.1, -0.05) is 19.1 Å². The number of benzene rings is 1. The van der Waals surface area contributed by atoms with Gasteiger partial charge in [0.2, 0.25) is 11.8 Å². The molecule has 1 aromatic rings. The smallest absolute Gasteiger partial charge is 0.249 e. The highest BCUT2D eigenvalue weighted by atomic mass is 16.2. The van der Waals surface area contributed by atoms with Gasteiger partial charge in [0.05, 0.1) is 0 Å². The Balaban J connectivity index is 1.88. The zero-order valence-electron chi connectivity index (χ0n) is 11.8. The summed E-state index contributed by atoms with van der Waals surface area (Å²) in [4.78, 5) is 28.3. The number of amides is 2. The normalized spacial score (nSPS) is 22.9. The van der Waals surface area contributed by atoms with Crippen LogP contribution in [0, 0.1) is 0 Å². The monoisotopic (exact) mass is 272 g/mol. The van der Waals surface area contributed by atoms with Gasteiger partial charge in [0.25, 0.3) is 0 Å². The maximum absolute atomic E-state index is 12.7. The molecule has 1 atom stereocenters. The lowest BCUT2D eigenvalue weighted by atomic mass is 10.1. The van der Waals surface area contributed by atoms with E-state index < -0.39 is 0 Å². The number of rotatable bonds is 2. The lowest BCUT2D eigenvalue weighted by Crippen LogP contribution is -2.43. The first-order valence-electron chi connectivity index (χ1n) is 7.40. The van der Waals surface area contributed by atoms with Crippen molar-refractivity contribution in [1.82, 2.24) is 4.90 Å². The van der Waals surface area contributed by atoms with Crippen molar-refractivity contribution in [1.29, 1.82) is 0 Å². The number of anilines is 1. The van der Waals surface area contributed by atoms with E-state index in [9.17, 15) is 9.59 Å². The Hall–Kier alpha value is -1.84. The van der Waals surface area contributed by atoms with Gasteiger partial charge < -0.3 is 9.80 Å². The van der Waals surface area contributed by atoms with E-state index in [2.05, 4.69) is 19.1 Å². The Labute approximate surface area is 119 Å². The topological polar surface area (TPSA) is 40.6 Å². The van der Waals surface area contributed by atoms with Crippen molar-refractivity contribution in [2.45, 2.75) is 38.6 Å². The SMILES string of the molecule is CCc1ccc(N2CCC(=O)N3CCCC3C2=O)cc1. The molecule has 0 aliphatic carbocycles. The summed E-state index contributed by atoms with van der Waals surface area (Å²) < 4.78 is 0. The van der Waals surface area contributed by atoms with Gasteiger partial charge in [-0.3, -0.25) is 9.59 Å². The van der Waals surface area contributed by atoms with Crippen LogP contribution in [0.4, 0.5) is 5.69 Å². The fourth-order valence-electron chi connectivity index (χ4n) is 3.13. The predicted molar refractivity (Wildman–Crippen MR) is 77.5 cm³/mol. The molecule has 3 rings (SSSR count). The van der Waals surface area contributed by atoms with E-state index in [1.165, 1.54) is 5.56 Å². The lowest BCUT2D eigenvalue weighted by Gasteiger charge is -2.25. The number of carbonyl (C=O) groups is 2. The third kappa shape index (κ3) is 2.19. The predicted octanol–water partition coefficient (Wildman–Crippen LogP) is 1.98. The van der Waals surface area contributed by atoms with Crippen molar-refractivity contribution < 1.29 is 9.59 Å². The van der Waals surface area contributed by atoms with Crippen molar-refractivity contribution in [2.75, 3.05) is 18.0 Å². The van der Waals surface area contributed by atoms with Gasteiger partial charge >= 0.3 is 0 Å². The minimum Gasteiger partial charge on any atom is -0.331 e. The van der Waals surface area contributed by atoms with Gasteiger partial charge in [0.15, 0.2) is 0 Å². The Morgan fingerprint density at radius 3 is 2.60 bits per heavy atom. The number of fused-ring (bicyclic) bond motifs is 1. The van der Waals surface area contributed by atoms with Crippen LogP contribution in [0.2, 0.25) is 0 Å². The molecule has 0 bridgehead atoms. The molecule has 2 amide bonds. The largest absolute Gasteiger partial charge is 0.331 e. The Morgan fingerprint density at radius 2 is 1.90 bits per heavy atom. The minimum absolute atomic E-state index is 0.0811. The molecule has 0 spiro atoms. The van der Waals surface area contributed by atoms with Crippen molar-refractivity contribution in [3.8, 4) is 0 Å². The first-order chi connectivity index (χ1) is 9.70. The third-order valence-corrected chi connectivity index (χ3v) is 4.33. The summed E-state index contributed by atoms with van der Waals surface area (Å²) in [7, 11) is 0. The summed E-state index contributed by atoms with van der Waals surface area (Å²) in [6.45, 7) is 3.34. The molecular formula is C16H20N2O2. The molecule has 20 heavy (non-hydrogen) atoms. The second kappa shape index (κ2) is 5.27. The van der Waals surface area contributed by atoms with E-state index in [1.807, 2.05) is 12.1 Å². The van der Waals surface area contributed by atoms with Crippen LogP contribution >= 0.6 is 0 Å². The fraction of sp³-hybridized carbons (Fsp3) is 0.500. The summed E-state index contributed by atoms with van der Waals surface area (Å²) >= 11 is 0. The highest BCUT2D eigenvalue weighted by Crippen LogP contribution is 2.27. The minimum atomic E-state index is -0.240. The molecule has 2 aliphatic rings. The molecule has 2 aliphatic heterocycles. The van der Waals surface area contributed by atoms with Crippen LogP contribution in [0.25, 0.3) is 0 Å². The van der Waals surface area contributed by atoms with E-state index in [1.54, 1.807) is 9.80 Å². The molecule has 4 nitrogen and oxygen atoms in total. The van der Waals surface area contributed by atoms with Crippen LogP contribution in [0.3, 0.4) is 0 Å². The average Bonchev–Trinajstić information content (AvgIpc) is 2.93. The van der Waals surface area contributed by atoms with Gasteiger partial charge in [0, 0.05) is 25.2 Å². The number of hydrogen-bond donors (Lipinski definition) is 0. The van der Waals surface area contributed by atoms with Crippen LogP contribution in [0.5, 0.6) is 0 Å². The average molecular weight is 272 g/mol. The molecule has 2 fully saturated rings. The summed E-state index contributed by atoms with van der Waals surface area (Å²) in [5.74, 6) is 0.200. The fourth-order valence-corrected chi connectivity index (χ4v) is 3.13. The number of nitrogens with zero attached hydrogens (tertiary/aromatic N) is 2. The van der Waals surface area contributed by atoms with Crippen molar-refractivity contribution in [3.63, 3.8) is 0 Å². The van der Waals surface area contributed by atoms with Gasteiger partial charge in [-0.25, -0.2) is 0 Å². The molecular weight excluding hydrogens is 252 g/mol. The van der Waals surface area contributed by atoms with E-state index in [0.717, 1.165) is 31.5 Å². The van der Waals surface area contributed by atoms with Crippen molar-refractivity contribution in [2.24, 2.45) is 0 Å². The Morgan fingerprint density at radius 1 is 1.15 bits per heavy atom. The van der Waals surface area contributed by atoms with Crippen LogP contribution in [0.1, 0.15) is 31.7 Å². The zero-order chi connectivity index (χ0) is 14.1. The summed E-state index contributed by atoms with van der Waals surface area (Å²) in [6.07, 6.45) is 3.15. The molecule has 0 N–H and O–H groups in total. The second-order valence-electron chi connectivity index (χ2n) is 5.51. The standard InChI is InChI=1S/C16H20N2O2/c1-2-12-5-7-13(8-6-12)17-11-9-15(19)18-10-3-4-14(18)16(17)20/h5-8,14H,2-4,9-11H2,1H3. The first kappa shape index (κ1) is 13.2. The lowest BCUT2D eigenvalue weighted by molar-refractivity contribution is -0.135. The zero-order valence-corrected chi connectivity index (χ0v) is 11.8. The van der Waals surface area contributed by atoms with Gasteiger partial charge in [-0.15, -0.1) is 0 Å². The number of hydrogen-bond acceptors (Lipinski definition) is 2. The summed E-state index contributed by atoms with van der Waals surface area (Å²) in [6, 6.07) is 7.86. The van der Waals surface area contributed by atoms with Gasteiger partial charge in [-0.2, -0.15) is 0 Å². The molecule has 0 radical (unpaired) electrons. The summed E-state index contributed by atoms with van der Waals surface area (Å²) in [5, 5.41) is 0. The molecule has 106 valence electrons. The molecule has 2 saturated heterocycles. The number of aryl methyl sites for hydroxylation is 1. The van der Waals surface area contributed by atoms with E-state index in [-0.39, 0.29) is 17.9 Å². The Kier molecular flexibility index (Phi) is 3.47. The number of carbonyl (C=O) groups excluding carboxylic acids is 2. The second-order valence-corrected chi connectivity index (χ2v) is 5.51. The maximum Gasteiger partial charge on any atom is 0.249 e. The van der Waals surface area contributed by atoms with Crippen molar-refractivity contribution in [3.05, 3.63) is 29.8 Å². The van der Waals surface area contributed by atoms with Crippen molar-refractivity contribution >= 4 is 17.5 Å². The Bertz CT molecular complexity index is 524. The van der Waals surface area contributed by atoms with Crippen LogP contribution in [0.15, 0.2) is 24.3 Å². The van der Waals surface area contributed by atoms with Crippen LogP contribution in [-0.2, 0) is 16.0 Å². The quantitative estimate of drug-likeness (QED) is 0.826. The van der Waals surface area contributed by atoms with Crippen LogP contribution < -0.4 is 4.90 Å². The molecule has 0 saturated carbocycles. The maximum atomic E-state index is 12.7. The molecule has 1 aromatic carbocycles. The molecule has 1 unspecified atom stereocenters. The highest BCUT2D eigenvalue weighted by Gasteiger charge is 2.39. The third-order valence-electron chi connectivity index (χ3n) is 4.33. The first-order valence-corrected chi connectivity index (χ1v) is 7.40. The molecule has 4 heteroatoms. The van der Waals surface area contributed by atoms with Gasteiger partial charge in [-0.05, 0) is 37.0 Å². The summed E-state index contributed by atoms with van der Waals surface area (Å²) in [5.41, 5.74) is 2.17. The highest BCUT2D eigenvalue weighted by molar-refractivity contribution is 6.01. The van der Waals surface area contributed by atoms with E-state index in [0.29, 0.717) is 13.0 Å². The van der Waals surface area contributed by atoms with E-state index >= 15 is 0 Å². The van der Waals surface area contributed by atoms with Crippen LogP contribution in [-0.4, -0.2) is 35.8 Å².